The lowest BCUT2D eigenvalue weighted by atomic mass is 10.2. The molecule has 0 saturated carbocycles. The van der Waals surface area contributed by atoms with Gasteiger partial charge in [-0.1, -0.05) is 34.1 Å². The first-order chi connectivity index (χ1) is 13.1. The molecule has 0 aliphatic rings. The Labute approximate surface area is 166 Å². The Balaban J connectivity index is 1.78. The van der Waals surface area contributed by atoms with E-state index in [0.717, 1.165) is 15.7 Å². The number of hydrogen-bond donors (Lipinski definition) is 0. The van der Waals surface area contributed by atoms with Crippen LogP contribution in [0.25, 0.3) is 0 Å². The van der Waals surface area contributed by atoms with Gasteiger partial charge < -0.3 is 9.47 Å². The quantitative estimate of drug-likeness (QED) is 0.472. The molecule has 0 aliphatic carbocycles. The van der Waals surface area contributed by atoms with Crippen LogP contribution in [-0.2, 0) is 13.1 Å². The summed E-state index contributed by atoms with van der Waals surface area (Å²) in [7, 11) is 0. The minimum atomic E-state index is -0.247. The Morgan fingerprint density at radius 1 is 1.11 bits per heavy atom. The van der Waals surface area contributed by atoms with Gasteiger partial charge in [-0.2, -0.15) is 0 Å². The summed E-state index contributed by atoms with van der Waals surface area (Å²) in [5, 5.41) is 0. The highest BCUT2D eigenvalue weighted by atomic mass is 79.9. The molecule has 2 aromatic carbocycles. The molecule has 0 spiro atoms. The van der Waals surface area contributed by atoms with E-state index in [0.29, 0.717) is 25.2 Å². The van der Waals surface area contributed by atoms with Gasteiger partial charge in [-0.25, -0.2) is 4.39 Å². The number of rotatable bonds is 7. The predicted octanol–water partition coefficient (Wildman–Crippen LogP) is 5.27. The Morgan fingerprint density at radius 3 is 2.48 bits per heavy atom. The van der Waals surface area contributed by atoms with E-state index in [4.69, 9.17) is 0 Å². The molecule has 3 nitrogen and oxygen atoms in total. The van der Waals surface area contributed by atoms with Crippen LogP contribution in [0.4, 0.5) is 4.39 Å². The fourth-order valence-corrected chi connectivity index (χ4v) is 3.14. The van der Waals surface area contributed by atoms with Crippen molar-refractivity contribution in [3.63, 3.8) is 0 Å². The van der Waals surface area contributed by atoms with Crippen molar-refractivity contribution in [1.82, 2.24) is 9.47 Å². The Morgan fingerprint density at radius 2 is 1.81 bits per heavy atom. The van der Waals surface area contributed by atoms with Gasteiger partial charge in [0.25, 0.3) is 5.91 Å². The third kappa shape index (κ3) is 4.95. The summed E-state index contributed by atoms with van der Waals surface area (Å²) in [4.78, 5) is 14.6. The molecular formula is C22H20BrFN2O. The molecular weight excluding hydrogens is 407 g/mol. The maximum atomic E-state index is 13.1. The molecule has 1 heterocycles. The zero-order valence-corrected chi connectivity index (χ0v) is 16.4. The average Bonchev–Trinajstić information content (AvgIpc) is 3.10. The molecule has 5 heteroatoms. The van der Waals surface area contributed by atoms with E-state index >= 15 is 0 Å². The summed E-state index contributed by atoms with van der Waals surface area (Å²) in [5.41, 5.74) is 2.65. The monoisotopic (exact) mass is 426 g/mol. The first-order valence-electron chi connectivity index (χ1n) is 8.61. The summed E-state index contributed by atoms with van der Waals surface area (Å²) in [6, 6.07) is 17.7. The van der Waals surface area contributed by atoms with Crippen molar-refractivity contribution in [3.05, 3.63) is 107 Å². The van der Waals surface area contributed by atoms with E-state index in [9.17, 15) is 9.18 Å². The third-order valence-corrected chi connectivity index (χ3v) is 4.80. The van der Waals surface area contributed by atoms with Gasteiger partial charge in [0, 0.05) is 35.0 Å². The number of carbonyl (C=O) groups is 1. The van der Waals surface area contributed by atoms with Crippen molar-refractivity contribution in [1.29, 1.82) is 0 Å². The highest BCUT2D eigenvalue weighted by Crippen LogP contribution is 2.16. The molecule has 0 bridgehead atoms. The molecule has 138 valence electrons. The molecule has 0 saturated heterocycles. The third-order valence-electron chi connectivity index (χ3n) is 4.27. The summed E-state index contributed by atoms with van der Waals surface area (Å²) in [6.07, 6.45) is 3.69. The van der Waals surface area contributed by atoms with Gasteiger partial charge >= 0.3 is 0 Å². The van der Waals surface area contributed by atoms with Crippen LogP contribution < -0.4 is 0 Å². The lowest BCUT2D eigenvalue weighted by Gasteiger charge is -2.22. The Hall–Kier alpha value is -2.66. The molecule has 0 fully saturated rings. The second kappa shape index (κ2) is 8.82. The molecule has 3 aromatic rings. The number of aromatic nitrogens is 1. The van der Waals surface area contributed by atoms with Gasteiger partial charge in [0.05, 0.1) is 6.54 Å². The number of amides is 1. The van der Waals surface area contributed by atoms with Gasteiger partial charge in [0.2, 0.25) is 0 Å². The van der Waals surface area contributed by atoms with E-state index in [1.807, 2.05) is 30.5 Å². The minimum absolute atomic E-state index is 0.0445. The van der Waals surface area contributed by atoms with Crippen molar-refractivity contribution < 1.29 is 9.18 Å². The standard InChI is InChI=1S/C22H20BrFN2O/c1-2-13-26(22(27)18-7-9-19(23)10-8-18)16-21-4-3-14-25(21)15-17-5-11-20(24)12-6-17/h2-12,14H,1,13,15-16H2. The van der Waals surface area contributed by atoms with Crippen LogP contribution >= 0.6 is 15.9 Å². The number of hydrogen-bond acceptors (Lipinski definition) is 1. The zero-order chi connectivity index (χ0) is 19.2. The van der Waals surface area contributed by atoms with Crippen LogP contribution in [0.1, 0.15) is 21.6 Å². The molecule has 1 aromatic heterocycles. The molecule has 0 atom stereocenters. The number of nitrogens with zero attached hydrogens (tertiary/aromatic N) is 2. The second-order valence-electron chi connectivity index (χ2n) is 6.24. The van der Waals surface area contributed by atoms with Gasteiger partial charge in [0.1, 0.15) is 5.82 Å². The largest absolute Gasteiger partial charge is 0.345 e. The number of carbonyl (C=O) groups excluding carboxylic acids is 1. The summed E-state index contributed by atoms with van der Waals surface area (Å²) in [6.45, 7) is 5.32. The van der Waals surface area contributed by atoms with Crippen LogP contribution in [0.15, 0.2) is 84.0 Å². The van der Waals surface area contributed by atoms with Crippen LogP contribution in [0.3, 0.4) is 0 Å². The highest BCUT2D eigenvalue weighted by Gasteiger charge is 2.16. The fourth-order valence-electron chi connectivity index (χ4n) is 2.88. The van der Waals surface area contributed by atoms with E-state index in [1.165, 1.54) is 12.1 Å². The van der Waals surface area contributed by atoms with Gasteiger partial charge in [-0.3, -0.25) is 4.79 Å². The lowest BCUT2D eigenvalue weighted by molar-refractivity contribution is 0.0759. The highest BCUT2D eigenvalue weighted by molar-refractivity contribution is 9.10. The zero-order valence-electron chi connectivity index (χ0n) is 14.8. The maximum absolute atomic E-state index is 13.1. The van der Waals surface area contributed by atoms with Gasteiger partial charge in [0.15, 0.2) is 0 Å². The van der Waals surface area contributed by atoms with E-state index < -0.39 is 0 Å². The van der Waals surface area contributed by atoms with Crippen LogP contribution in [0.5, 0.6) is 0 Å². The topological polar surface area (TPSA) is 25.2 Å². The van der Waals surface area contributed by atoms with Crippen LogP contribution in [0, 0.1) is 5.82 Å². The normalized spacial score (nSPS) is 10.6. The molecule has 0 N–H and O–H groups in total. The predicted molar refractivity (Wildman–Crippen MR) is 109 cm³/mol. The first kappa shape index (κ1) is 19.1. The Bertz CT molecular complexity index is 916. The minimum Gasteiger partial charge on any atom is -0.345 e. The van der Waals surface area contributed by atoms with Crippen molar-refractivity contribution in [2.75, 3.05) is 6.54 Å². The summed E-state index contributed by atoms with van der Waals surface area (Å²) >= 11 is 3.39. The average molecular weight is 427 g/mol. The van der Waals surface area contributed by atoms with Crippen molar-refractivity contribution in [3.8, 4) is 0 Å². The molecule has 3 rings (SSSR count). The van der Waals surface area contributed by atoms with E-state index in [2.05, 4.69) is 27.1 Å². The number of benzene rings is 2. The molecule has 0 unspecified atom stereocenters. The van der Waals surface area contributed by atoms with E-state index in [-0.39, 0.29) is 11.7 Å². The van der Waals surface area contributed by atoms with Crippen LogP contribution in [0.2, 0.25) is 0 Å². The lowest BCUT2D eigenvalue weighted by Crippen LogP contribution is -2.31. The Kier molecular flexibility index (Phi) is 6.24. The number of halogens is 2. The maximum Gasteiger partial charge on any atom is 0.254 e. The summed E-state index contributed by atoms with van der Waals surface area (Å²) < 4.78 is 16.1. The van der Waals surface area contributed by atoms with Crippen molar-refractivity contribution in [2.45, 2.75) is 13.1 Å². The molecule has 1 amide bonds. The summed E-state index contributed by atoms with van der Waals surface area (Å²) in [5.74, 6) is -0.291. The first-order valence-corrected chi connectivity index (χ1v) is 9.40. The smallest absolute Gasteiger partial charge is 0.254 e. The van der Waals surface area contributed by atoms with Crippen molar-refractivity contribution in [2.24, 2.45) is 0 Å². The second-order valence-corrected chi connectivity index (χ2v) is 7.15. The van der Waals surface area contributed by atoms with Gasteiger partial charge in [-0.15, -0.1) is 6.58 Å². The van der Waals surface area contributed by atoms with Crippen molar-refractivity contribution >= 4 is 21.8 Å². The SMILES string of the molecule is C=CCN(Cc1cccn1Cc1ccc(F)cc1)C(=O)c1ccc(Br)cc1. The molecule has 27 heavy (non-hydrogen) atoms. The van der Waals surface area contributed by atoms with Crippen LogP contribution in [-0.4, -0.2) is 21.9 Å². The fraction of sp³-hybridized carbons (Fsp3) is 0.136. The van der Waals surface area contributed by atoms with E-state index in [1.54, 1.807) is 35.2 Å². The molecule has 0 radical (unpaired) electrons. The molecule has 0 aliphatic heterocycles. The van der Waals surface area contributed by atoms with Gasteiger partial charge in [-0.05, 0) is 54.1 Å².